The molecule has 304 valence electrons. The highest BCUT2D eigenvalue weighted by molar-refractivity contribution is 5.98. The van der Waals surface area contributed by atoms with Crippen molar-refractivity contribution in [3.63, 3.8) is 0 Å². The van der Waals surface area contributed by atoms with Crippen molar-refractivity contribution >= 4 is 17.9 Å². The number of aromatic hydroxyl groups is 1. The topological polar surface area (TPSA) is 108 Å². The second-order valence-corrected chi connectivity index (χ2v) is 17.5. The maximum Gasteiger partial charge on any atom is 0.344 e. The van der Waals surface area contributed by atoms with E-state index >= 15 is 0 Å². The number of benzene rings is 4. The molecule has 6 rings (SSSR count). The highest BCUT2D eigenvalue weighted by Gasteiger charge is 2.32. The van der Waals surface area contributed by atoms with Crippen molar-refractivity contribution in [2.24, 2.45) is 0 Å². The molecule has 0 saturated carbocycles. The van der Waals surface area contributed by atoms with Gasteiger partial charge in [-0.15, -0.1) is 0 Å². The Kier molecular flexibility index (Phi) is 12.7. The SMILES string of the molecule is Cc1c(C)c(C(=O)OC(C)(C)C)c2c(c1O)CCC2.Cc1cc(OCc2ccccc2)c(C)c(C)c1C(=O)Oc1c(C)c(C)c(C(=O)OC(C)(C)C)c2c1CCC2. The summed E-state index contributed by atoms with van der Waals surface area (Å²) < 4.78 is 23.5. The summed E-state index contributed by atoms with van der Waals surface area (Å²) in [4.78, 5) is 39.1. The largest absolute Gasteiger partial charge is 0.507 e. The molecule has 0 radical (unpaired) electrons. The number of fused-ring (bicyclic) bond motifs is 2. The monoisotopic (exact) mass is 776 g/mol. The third kappa shape index (κ3) is 9.38. The Bertz CT molecular complexity index is 2210. The van der Waals surface area contributed by atoms with E-state index in [-0.39, 0.29) is 17.9 Å². The molecule has 57 heavy (non-hydrogen) atoms. The molecule has 0 fully saturated rings. The summed E-state index contributed by atoms with van der Waals surface area (Å²) in [6, 6.07) is 11.9. The fourth-order valence-electron chi connectivity index (χ4n) is 7.92. The van der Waals surface area contributed by atoms with Gasteiger partial charge in [0.25, 0.3) is 0 Å². The van der Waals surface area contributed by atoms with Crippen molar-refractivity contribution in [3.05, 3.63) is 120 Å². The molecule has 0 amide bonds. The number of ether oxygens (including phenoxy) is 4. The minimum atomic E-state index is -0.585. The average molecular weight is 777 g/mol. The van der Waals surface area contributed by atoms with E-state index in [9.17, 15) is 19.5 Å². The first-order valence-corrected chi connectivity index (χ1v) is 20.1. The molecule has 0 spiro atoms. The third-order valence-corrected chi connectivity index (χ3v) is 11.1. The van der Waals surface area contributed by atoms with Crippen molar-refractivity contribution in [1.29, 1.82) is 0 Å². The number of rotatable bonds is 7. The number of phenols is 1. The minimum absolute atomic E-state index is 0.272. The van der Waals surface area contributed by atoms with Crippen LogP contribution in [0, 0.1) is 48.5 Å². The van der Waals surface area contributed by atoms with Crippen LogP contribution in [0.15, 0.2) is 36.4 Å². The molecule has 8 nitrogen and oxygen atoms in total. The zero-order valence-corrected chi connectivity index (χ0v) is 36.2. The van der Waals surface area contributed by atoms with Gasteiger partial charge >= 0.3 is 17.9 Å². The molecule has 0 saturated heterocycles. The first-order chi connectivity index (χ1) is 26.6. The summed E-state index contributed by atoms with van der Waals surface area (Å²) >= 11 is 0. The summed E-state index contributed by atoms with van der Waals surface area (Å²) in [5, 5.41) is 10.2. The lowest BCUT2D eigenvalue weighted by molar-refractivity contribution is 0.00547. The van der Waals surface area contributed by atoms with Crippen LogP contribution in [0.3, 0.4) is 0 Å². The Morgan fingerprint density at radius 3 is 1.60 bits per heavy atom. The van der Waals surface area contributed by atoms with Crippen molar-refractivity contribution in [3.8, 4) is 17.2 Å². The molecule has 4 aromatic carbocycles. The first-order valence-electron chi connectivity index (χ1n) is 20.1. The van der Waals surface area contributed by atoms with Crippen LogP contribution < -0.4 is 9.47 Å². The summed E-state index contributed by atoms with van der Waals surface area (Å²) in [6.07, 6.45) is 5.11. The molecule has 1 N–H and O–H groups in total. The summed E-state index contributed by atoms with van der Waals surface area (Å²) in [5.74, 6) is 0.716. The van der Waals surface area contributed by atoms with Gasteiger partial charge in [-0.25, -0.2) is 14.4 Å². The molecule has 2 aliphatic carbocycles. The van der Waals surface area contributed by atoms with Gasteiger partial charge in [-0.2, -0.15) is 0 Å². The van der Waals surface area contributed by atoms with Gasteiger partial charge in [0.05, 0.1) is 16.7 Å². The van der Waals surface area contributed by atoms with E-state index in [2.05, 4.69) is 0 Å². The van der Waals surface area contributed by atoms with Crippen LogP contribution in [0.25, 0.3) is 0 Å². The maximum absolute atomic E-state index is 13.6. The highest BCUT2D eigenvalue weighted by Crippen LogP contribution is 2.41. The highest BCUT2D eigenvalue weighted by atomic mass is 16.6. The zero-order valence-electron chi connectivity index (χ0n) is 36.2. The predicted molar refractivity (Wildman–Crippen MR) is 224 cm³/mol. The maximum atomic E-state index is 13.6. The Morgan fingerprint density at radius 2 is 1.05 bits per heavy atom. The number of hydrogen-bond acceptors (Lipinski definition) is 8. The molecule has 0 heterocycles. The lowest BCUT2D eigenvalue weighted by atomic mass is 9.92. The Hall–Kier alpha value is -5.11. The van der Waals surface area contributed by atoms with Gasteiger partial charge in [0.2, 0.25) is 0 Å². The van der Waals surface area contributed by atoms with Gasteiger partial charge in [-0.1, -0.05) is 30.3 Å². The van der Waals surface area contributed by atoms with Gasteiger partial charge in [-0.3, -0.25) is 0 Å². The molecule has 0 bridgehead atoms. The van der Waals surface area contributed by atoms with E-state index in [1.807, 2.05) is 126 Å². The smallest absolute Gasteiger partial charge is 0.344 e. The van der Waals surface area contributed by atoms with E-state index in [1.165, 1.54) is 0 Å². The number of esters is 3. The van der Waals surface area contributed by atoms with E-state index in [1.54, 1.807) is 0 Å². The molecule has 0 unspecified atom stereocenters. The summed E-state index contributed by atoms with van der Waals surface area (Å²) in [7, 11) is 0. The van der Waals surface area contributed by atoms with E-state index in [0.29, 0.717) is 34.8 Å². The molecule has 0 aliphatic heterocycles. The quantitative estimate of drug-likeness (QED) is 0.146. The first kappa shape index (κ1) is 43.0. The number of carbonyl (C=O) groups excluding carboxylic acids is 3. The molecule has 0 atom stereocenters. The predicted octanol–water partition coefficient (Wildman–Crippen LogP) is 10.9. The van der Waals surface area contributed by atoms with Crippen molar-refractivity contribution < 1.29 is 38.4 Å². The van der Waals surface area contributed by atoms with Crippen LogP contribution in [0.4, 0.5) is 0 Å². The number of aryl methyl sites for hydroxylation is 1. The van der Waals surface area contributed by atoms with E-state index in [0.717, 1.165) is 111 Å². The Balaban J connectivity index is 0.000000273. The number of hydrogen-bond donors (Lipinski definition) is 1. The summed E-state index contributed by atoms with van der Waals surface area (Å²) in [5.41, 5.74) is 11.4. The standard InChI is InChI=1S/C33H38O5.C16H22O3/c1-19-17-27(36-18-24-13-10-9-11-14-24)20(2)21(3)28(19)31(34)37-30-23(5)22(4)29(25-15-12-16-26(25)30)32(35)38-33(6,7)8;1-9-10(2)14(17)12-8-6-7-11(12)13(9)15(18)19-16(3,4)5/h9-11,13-14,17H,12,15-16,18H2,1-8H3;17H,6-8H2,1-5H3. The molecule has 8 heteroatoms. The normalized spacial score (nSPS) is 13.3. The molecule has 4 aromatic rings. The van der Waals surface area contributed by atoms with Crippen LogP contribution in [-0.2, 0) is 41.8 Å². The third-order valence-electron chi connectivity index (χ3n) is 11.1. The van der Waals surface area contributed by atoms with Crippen LogP contribution in [0.1, 0.15) is 152 Å². The van der Waals surface area contributed by atoms with Crippen LogP contribution in [0.2, 0.25) is 0 Å². The van der Waals surface area contributed by atoms with Crippen molar-refractivity contribution in [2.45, 2.75) is 146 Å². The van der Waals surface area contributed by atoms with Gasteiger partial charge in [-0.05, 0) is 201 Å². The van der Waals surface area contributed by atoms with E-state index in [4.69, 9.17) is 18.9 Å². The molecular weight excluding hydrogens is 717 g/mol. The van der Waals surface area contributed by atoms with Gasteiger partial charge < -0.3 is 24.1 Å². The zero-order chi connectivity index (χ0) is 42.1. The molecule has 2 aliphatic rings. The Morgan fingerprint density at radius 1 is 0.579 bits per heavy atom. The average Bonchev–Trinajstić information content (AvgIpc) is 3.80. The van der Waals surface area contributed by atoms with Crippen LogP contribution >= 0.6 is 0 Å². The second kappa shape index (κ2) is 16.8. The van der Waals surface area contributed by atoms with Crippen LogP contribution in [-0.4, -0.2) is 34.2 Å². The second-order valence-electron chi connectivity index (χ2n) is 17.5. The van der Waals surface area contributed by atoms with Crippen molar-refractivity contribution in [2.75, 3.05) is 0 Å². The Labute approximate surface area is 338 Å². The van der Waals surface area contributed by atoms with Gasteiger partial charge in [0, 0.05) is 0 Å². The number of carbonyl (C=O) groups is 3. The molecule has 0 aromatic heterocycles. The lowest BCUT2D eigenvalue weighted by Gasteiger charge is -2.24. The fraction of sp³-hybridized carbons (Fsp3) is 0.449. The molecular formula is C49H60O8. The van der Waals surface area contributed by atoms with Gasteiger partial charge in [0.1, 0.15) is 35.1 Å². The number of phenolic OH excluding ortho intramolecular Hbond substituents is 1. The van der Waals surface area contributed by atoms with E-state index < -0.39 is 11.2 Å². The minimum Gasteiger partial charge on any atom is -0.507 e. The van der Waals surface area contributed by atoms with Gasteiger partial charge in [0.15, 0.2) is 0 Å². The van der Waals surface area contributed by atoms with Crippen molar-refractivity contribution in [1.82, 2.24) is 0 Å². The lowest BCUT2D eigenvalue weighted by Crippen LogP contribution is -2.25. The van der Waals surface area contributed by atoms with Crippen LogP contribution in [0.5, 0.6) is 17.2 Å². The summed E-state index contributed by atoms with van der Waals surface area (Å²) in [6.45, 7) is 25.0. The fourth-order valence-corrected chi connectivity index (χ4v) is 7.92.